The lowest BCUT2D eigenvalue weighted by molar-refractivity contribution is -0.120. The highest BCUT2D eigenvalue weighted by Crippen LogP contribution is 2.34. The van der Waals surface area contributed by atoms with Gasteiger partial charge in [0.25, 0.3) is 11.8 Å². The predicted octanol–water partition coefficient (Wildman–Crippen LogP) is 2.71. The summed E-state index contributed by atoms with van der Waals surface area (Å²) in [5, 5.41) is 7.23. The van der Waals surface area contributed by atoms with Crippen LogP contribution in [-0.4, -0.2) is 36.8 Å². The smallest absolute Gasteiger partial charge is 0.264 e. The van der Waals surface area contributed by atoms with Gasteiger partial charge in [-0.1, -0.05) is 17.3 Å². The molecular weight excluding hydrogens is 348 g/mol. The second-order valence-corrected chi connectivity index (χ2v) is 5.99. The fraction of sp³-hybridized carbons (Fsp3) is 0.211. The highest BCUT2D eigenvalue weighted by atomic mass is 16.5. The molecule has 0 radical (unpaired) electrons. The second kappa shape index (κ2) is 6.99. The van der Waals surface area contributed by atoms with Crippen molar-refractivity contribution in [1.29, 1.82) is 0 Å². The number of amides is 1. The fourth-order valence-corrected chi connectivity index (χ4v) is 2.82. The molecule has 4 rings (SSSR count). The summed E-state index contributed by atoms with van der Waals surface area (Å²) in [7, 11) is 3.32. The van der Waals surface area contributed by atoms with Crippen LogP contribution in [0.15, 0.2) is 47.0 Å². The Kier molecular flexibility index (Phi) is 4.37. The molecule has 0 aliphatic carbocycles. The molecule has 0 saturated heterocycles. The molecule has 1 N–H and O–H groups in total. The third kappa shape index (κ3) is 3.29. The van der Waals surface area contributed by atoms with Gasteiger partial charge in [-0.05, 0) is 30.3 Å². The van der Waals surface area contributed by atoms with E-state index < -0.39 is 0 Å². The van der Waals surface area contributed by atoms with Crippen molar-refractivity contribution < 1.29 is 18.8 Å². The lowest BCUT2D eigenvalue weighted by atomic mass is 10.2. The Balaban J connectivity index is 1.49. The van der Waals surface area contributed by atoms with Gasteiger partial charge in [0.15, 0.2) is 12.4 Å². The number of carbonyl (C=O) groups excluding carboxylic acids is 1. The molecule has 0 atom stereocenters. The van der Waals surface area contributed by atoms with Crippen molar-refractivity contribution in [2.45, 2.75) is 6.54 Å². The molecule has 3 aromatic rings. The van der Waals surface area contributed by atoms with Crippen LogP contribution in [0.1, 0.15) is 5.82 Å². The van der Waals surface area contributed by atoms with Crippen molar-refractivity contribution in [2.24, 2.45) is 0 Å². The van der Waals surface area contributed by atoms with Crippen LogP contribution in [0.25, 0.3) is 11.5 Å². The van der Waals surface area contributed by atoms with Crippen LogP contribution in [0.4, 0.5) is 11.4 Å². The molecular formula is C19H18N4O4. The molecule has 1 aliphatic heterocycles. The van der Waals surface area contributed by atoms with Crippen LogP contribution in [0, 0.1) is 0 Å². The maximum atomic E-state index is 11.8. The largest absolute Gasteiger partial charge is 0.496 e. The number of hydrogen-bond donors (Lipinski definition) is 1. The number of benzene rings is 2. The third-order valence-corrected chi connectivity index (χ3v) is 4.30. The van der Waals surface area contributed by atoms with E-state index in [1.165, 1.54) is 0 Å². The Morgan fingerprint density at radius 2 is 2.11 bits per heavy atom. The molecule has 27 heavy (non-hydrogen) atoms. The first-order valence-electron chi connectivity index (χ1n) is 8.39. The predicted molar refractivity (Wildman–Crippen MR) is 99.0 cm³/mol. The molecule has 1 aliphatic rings. The van der Waals surface area contributed by atoms with Gasteiger partial charge in [0.2, 0.25) is 0 Å². The van der Waals surface area contributed by atoms with Gasteiger partial charge in [-0.15, -0.1) is 0 Å². The molecule has 8 heteroatoms. The van der Waals surface area contributed by atoms with E-state index in [4.69, 9.17) is 14.0 Å². The average Bonchev–Trinajstić information content (AvgIpc) is 3.18. The summed E-state index contributed by atoms with van der Waals surface area (Å²) in [4.78, 5) is 17.8. The fourth-order valence-electron chi connectivity index (χ4n) is 2.82. The number of rotatable bonds is 5. The first-order valence-corrected chi connectivity index (χ1v) is 8.39. The average molecular weight is 366 g/mol. The van der Waals surface area contributed by atoms with E-state index in [0.717, 1.165) is 16.9 Å². The molecule has 0 bridgehead atoms. The standard InChI is InChI=1S/C19H18N4O4/c1-23-14-9-12(7-8-16(14)26-11-18(23)24)20-10-17-21-19(27-22-17)13-5-3-4-6-15(13)25-2/h3-9,20H,10-11H2,1-2H3. The van der Waals surface area contributed by atoms with Gasteiger partial charge in [-0.2, -0.15) is 4.98 Å². The maximum Gasteiger partial charge on any atom is 0.264 e. The molecule has 0 fully saturated rings. The number of nitrogens with zero attached hydrogens (tertiary/aromatic N) is 3. The van der Waals surface area contributed by atoms with E-state index in [0.29, 0.717) is 29.8 Å². The van der Waals surface area contributed by atoms with Crippen LogP contribution < -0.4 is 19.7 Å². The van der Waals surface area contributed by atoms with E-state index in [2.05, 4.69) is 15.5 Å². The number of carbonyl (C=O) groups is 1. The van der Waals surface area contributed by atoms with Gasteiger partial charge in [-0.3, -0.25) is 4.79 Å². The lowest BCUT2D eigenvalue weighted by Crippen LogP contribution is -2.35. The van der Waals surface area contributed by atoms with Crippen molar-refractivity contribution >= 4 is 17.3 Å². The monoisotopic (exact) mass is 366 g/mol. The van der Waals surface area contributed by atoms with Gasteiger partial charge < -0.3 is 24.2 Å². The molecule has 2 heterocycles. The van der Waals surface area contributed by atoms with Crippen molar-refractivity contribution in [2.75, 3.05) is 31.0 Å². The molecule has 0 spiro atoms. The minimum absolute atomic E-state index is 0.0604. The van der Waals surface area contributed by atoms with Crippen LogP contribution >= 0.6 is 0 Å². The molecule has 0 unspecified atom stereocenters. The molecule has 2 aromatic carbocycles. The molecule has 1 aromatic heterocycles. The van der Waals surface area contributed by atoms with E-state index in [1.54, 1.807) is 19.1 Å². The summed E-state index contributed by atoms with van der Waals surface area (Å²) >= 11 is 0. The van der Waals surface area contributed by atoms with Gasteiger partial charge in [0.05, 0.1) is 24.9 Å². The normalized spacial score (nSPS) is 13.1. The van der Waals surface area contributed by atoms with Crippen molar-refractivity contribution in [3.8, 4) is 23.0 Å². The Labute approximate surface area is 155 Å². The second-order valence-electron chi connectivity index (χ2n) is 5.99. The summed E-state index contributed by atoms with van der Waals surface area (Å²) in [5.41, 5.74) is 2.28. The third-order valence-electron chi connectivity index (χ3n) is 4.30. The Bertz CT molecular complexity index is 985. The Morgan fingerprint density at radius 1 is 1.26 bits per heavy atom. The number of methoxy groups -OCH3 is 1. The summed E-state index contributed by atoms with van der Waals surface area (Å²) in [5.74, 6) is 2.17. The minimum Gasteiger partial charge on any atom is -0.496 e. The lowest BCUT2D eigenvalue weighted by Gasteiger charge is -2.26. The number of ether oxygens (including phenoxy) is 2. The first-order chi connectivity index (χ1) is 13.2. The van der Waals surface area contributed by atoms with Crippen molar-refractivity contribution in [1.82, 2.24) is 10.1 Å². The SMILES string of the molecule is COc1ccccc1-c1nc(CNc2ccc3c(c2)N(C)C(=O)CO3)no1. The topological polar surface area (TPSA) is 89.7 Å². The summed E-state index contributed by atoms with van der Waals surface area (Å²) < 4.78 is 16.1. The molecule has 0 saturated carbocycles. The summed E-state index contributed by atoms with van der Waals surface area (Å²) in [6, 6.07) is 13.0. The van der Waals surface area contributed by atoms with Crippen molar-refractivity contribution in [3.63, 3.8) is 0 Å². The van der Waals surface area contributed by atoms with Crippen LogP contribution in [-0.2, 0) is 11.3 Å². The highest BCUT2D eigenvalue weighted by molar-refractivity contribution is 5.97. The van der Waals surface area contributed by atoms with E-state index >= 15 is 0 Å². The first kappa shape index (κ1) is 16.9. The van der Waals surface area contributed by atoms with Gasteiger partial charge >= 0.3 is 0 Å². The van der Waals surface area contributed by atoms with E-state index in [1.807, 2.05) is 42.5 Å². The zero-order valence-corrected chi connectivity index (χ0v) is 14.9. The zero-order chi connectivity index (χ0) is 18.8. The number of hydrogen-bond acceptors (Lipinski definition) is 7. The summed E-state index contributed by atoms with van der Waals surface area (Å²) in [6.45, 7) is 0.431. The number of aromatic nitrogens is 2. The number of fused-ring (bicyclic) bond motifs is 1. The molecule has 138 valence electrons. The zero-order valence-electron chi connectivity index (χ0n) is 14.9. The summed E-state index contributed by atoms with van der Waals surface area (Å²) in [6.07, 6.45) is 0. The minimum atomic E-state index is -0.0840. The van der Waals surface area contributed by atoms with Gasteiger partial charge in [0, 0.05) is 12.7 Å². The van der Waals surface area contributed by atoms with E-state index in [9.17, 15) is 4.79 Å². The number of nitrogens with one attached hydrogen (secondary N) is 1. The molecule has 8 nitrogen and oxygen atoms in total. The quantitative estimate of drug-likeness (QED) is 0.742. The van der Waals surface area contributed by atoms with Crippen LogP contribution in [0.5, 0.6) is 11.5 Å². The van der Waals surface area contributed by atoms with E-state index in [-0.39, 0.29) is 12.5 Å². The number of likely N-dealkylation sites (N-methyl/N-ethyl adjacent to an activating group) is 1. The van der Waals surface area contributed by atoms with Crippen LogP contribution in [0.3, 0.4) is 0 Å². The number of para-hydroxylation sites is 1. The Morgan fingerprint density at radius 3 is 2.96 bits per heavy atom. The van der Waals surface area contributed by atoms with Crippen LogP contribution in [0.2, 0.25) is 0 Å². The maximum absolute atomic E-state index is 11.8. The highest BCUT2D eigenvalue weighted by Gasteiger charge is 2.22. The van der Waals surface area contributed by atoms with Crippen molar-refractivity contribution in [3.05, 3.63) is 48.3 Å². The Hall–Kier alpha value is -3.55. The van der Waals surface area contributed by atoms with Gasteiger partial charge in [0.1, 0.15) is 11.5 Å². The van der Waals surface area contributed by atoms with Gasteiger partial charge in [-0.25, -0.2) is 0 Å². The molecule has 1 amide bonds. The number of anilines is 2.